The van der Waals surface area contributed by atoms with Gasteiger partial charge in [-0.2, -0.15) is 9.97 Å². The van der Waals surface area contributed by atoms with Gasteiger partial charge in [0.05, 0.1) is 17.3 Å². The lowest BCUT2D eigenvalue weighted by Gasteiger charge is -2.32. The molecule has 0 saturated carbocycles. The molecule has 204 valence electrons. The normalized spacial score (nSPS) is 17.2. The largest absolute Gasteiger partial charge is 0.462 e. The van der Waals surface area contributed by atoms with E-state index in [0.717, 1.165) is 47.1 Å². The van der Waals surface area contributed by atoms with Crippen molar-refractivity contribution in [2.75, 3.05) is 45.2 Å². The first kappa shape index (κ1) is 27.1. The fourth-order valence-corrected chi connectivity index (χ4v) is 5.70. The number of likely N-dealkylation sites (N-methyl/N-ethyl adjacent to an activating group) is 1. The standard InChI is InChI=1S/C30H34ClN5O3/c1-4-22(37)13-16-35(3)29(38)28-23-14-17-36(26-12-6-9-20-8-5-11-24(31)27(20)26)18-25(23)32-30(33-28)39-19-21-10-7-15-34(21)2/h4-6,8-9,11-12,21H,1,7,10,13-19H2,2-3H3/t21-/m0/s1. The fraction of sp³-hybridized carbons (Fsp3) is 0.400. The molecule has 0 radical (unpaired) electrons. The van der Waals surface area contributed by atoms with Crippen molar-refractivity contribution in [1.82, 2.24) is 19.8 Å². The van der Waals surface area contributed by atoms with Crippen LogP contribution in [-0.2, 0) is 17.8 Å². The molecule has 1 amide bonds. The molecule has 9 heteroatoms. The number of likely N-dealkylation sites (tertiary alicyclic amines) is 1. The van der Waals surface area contributed by atoms with Gasteiger partial charge >= 0.3 is 6.01 Å². The van der Waals surface area contributed by atoms with Crippen LogP contribution in [0.3, 0.4) is 0 Å². The molecule has 3 aromatic rings. The lowest BCUT2D eigenvalue weighted by atomic mass is 10.00. The Labute approximate surface area is 234 Å². The molecule has 0 N–H and O–H groups in total. The van der Waals surface area contributed by atoms with Crippen LogP contribution in [0.5, 0.6) is 6.01 Å². The van der Waals surface area contributed by atoms with Gasteiger partial charge in [0.2, 0.25) is 0 Å². The van der Waals surface area contributed by atoms with Crippen molar-refractivity contribution in [3.63, 3.8) is 0 Å². The minimum absolute atomic E-state index is 0.103. The number of ether oxygens (including phenoxy) is 1. The van der Waals surface area contributed by atoms with Gasteiger partial charge in [-0.3, -0.25) is 9.59 Å². The van der Waals surface area contributed by atoms with Crippen LogP contribution in [-0.4, -0.2) is 77.8 Å². The molecule has 1 aromatic heterocycles. The van der Waals surface area contributed by atoms with Crippen molar-refractivity contribution in [1.29, 1.82) is 0 Å². The average molecular weight is 548 g/mol. The van der Waals surface area contributed by atoms with E-state index in [4.69, 9.17) is 21.3 Å². The number of amides is 1. The molecule has 3 heterocycles. The molecule has 2 aromatic carbocycles. The number of hydrogen-bond donors (Lipinski definition) is 0. The third kappa shape index (κ3) is 5.77. The van der Waals surface area contributed by atoms with Gasteiger partial charge in [-0.1, -0.05) is 42.4 Å². The van der Waals surface area contributed by atoms with E-state index in [2.05, 4.69) is 46.6 Å². The summed E-state index contributed by atoms with van der Waals surface area (Å²) in [5.41, 5.74) is 2.98. The van der Waals surface area contributed by atoms with E-state index in [-0.39, 0.29) is 30.7 Å². The molecule has 1 fully saturated rings. The van der Waals surface area contributed by atoms with E-state index in [1.54, 1.807) is 7.05 Å². The van der Waals surface area contributed by atoms with Crippen LogP contribution < -0.4 is 9.64 Å². The number of rotatable bonds is 9. The van der Waals surface area contributed by atoms with Gasteiger partial charge in [-0.05, 0) is 56.4 Å². The molecule has 0 unspecified atom stereocenters. The maximum atomic E-state index is 13.6. The van der Waals surface area contributed by atoms with E-state index in [1.165, 1.54) is 11.0 Å². The highest BCUT2D eigenvalue weighted by Gasteiger charge is 2.29. The number of hydrogen-bond acceptors (Lipinski definition) is 7. The molecule has 2 aliphatic heterocycles. The molecule has 8 nitrogen and oxygen atoms in total. The Hall–Kier alpha value is -3.49. The lowest BCUT2D eigenvalue weighted by molar-refractivity contribution is -0.114. The van der Waals surface area contributed by atoms with Crippen LogP contribution in [0.15, 0.2) is 49.1 Å². The summed E-state index contributed by atoms with van der Waals surface area (Å²) in [5, 5.41) is 2.78. The minimum Gasteiger partial charge on any atom is -0.462 e. The molecule has 1 saturated heterocycles. The summed E-state index contributed by atoms with van der Waals surface area (Å²) in [6.45, 7) is 6.50. The number of aromatic nitrogens is 2. The Kier molecular flexibility index (Phi) is 8.14. The van der Waals surface area contributed by atoms with E-state index in [0.29, 0.717) is 42.9 Å². The maximum Gasteiger partial charge on any atom is 0.317 e. The Morgan fingerprint density at radius 2 is 2.00 bits per heavy atom. The molecule has 0 bridgehead atoms. The predicted octanol–water partition coefficient (Wildman–Crippen LogP) is 4.54. The van der Waals surface area contributed by atoms with E-state index in [9.17, 15) is 9.59 Å². The van der Waals surface area contributed by atoms with Gasteiger partial charge in [-0.15, -0.1) is 0 Å². The fourth-order valence-electron chi connectivity index (χ4n) is 5.42. The van der Waals surface area contributed by atoms with Crippen molar-refractivity contribution in [2.45, 2.75) is 38.3 Å². The molecule has 1 atom stereocenters. The number of nitrogens with zero attached hydrogens (tertiary/aromatic N) is 5. The minimum atomic E-state index is -0.241. The molecule has 5 rings (SSSR count). The van der Waals surface area contributed by atoms with Crippen LogP contribution in [0.25, 0.3) is 10.8 Å². The van der Waals surface area contributed by atoms with Crippen molar-refractivity contribution < 1.29 is 14.3 Å². The number of allylic oxidation sites excluding steroid dienone is 1. The van der Waals surface area contributed by atoms with Crippen LogP contribution in [0.4, 0.5) is 5.69 Å². The number of fused-ring (bicyclic) bond motifs is 2. The third-order valence-corrected chi connectivity index (χ3v) is 8.08. The van der Waals surface area contributed by atoms with Gasteiger partial charge in [0, 0.05) is 49.2 Å². The SMILES string of the molecule is C=CC(=O)CCN(C)C(=O)c1nc(OC[C@@H]2CCCN2C)nc2c1CCN(c1cccc3cccc(Cl)c13)C2. The number of anilines is 1. The quantitative estimate of drug-likeness (QED) is 0.364. The summed E-state index contributed by atoms with van der Waals surface area (Å²) in [6, 6.07) is 12.6. The maximum absolute atomic E-state index is 13.6. The van der Waals surface area contributed by atoms with Crippen molar-refractivity contribution in [2.24, 2.45) is 0 Å². The lowest BCUT2D eigenvalue weighted by Crippen LogP contribution is -2.36. The van der Waals surface area contributed by atoms with Crippen LogP contribution >= 0.6 is 11.6 Å². The summed E-state index contributed by atoms with van der Waals surface area (Å²) in [6.07, 6.45) is 4.29. The van der Waals surface area contributed by atoms with E-state index >= 15 is 0 Å². The summed E-state index contributed by atoms with van der Waals surface area (Å²) in [5.74, 6) is -0.344. The number of ketones is 1. The zero-order chi connectivity index (χ0) is 27.5. The monoisotopic (exact) mass is 547 g/mol. The number of halogens is 1. The summed E-state index contributed by atoms with van der Waals surface area (Å²) < 4.78 is 6.10. The predicted molar refractivity (Wildman–Crippen MR) is 154 cm³/mol. The van der Waals surface area contributed by atoms with Gasteiger partial charge in [0.1, 0.15) is 12.3 Å². The summed E-state index contributed by atoms with van der Waals surface area (Å²) >= 11 is 6.63. The highest BCUT2D eigenvalue weighted by molar-refractivity contribution is 6.36. The number of carbonyl (C=O) groups is 2. The second-order valence-electron chi connectivity index (χ2n) is 10.3. The molecule has 0 aliphatic carbocycles. The average Bonchev–Trinajstić information content (AvgIpc) is 3.37. The zero-order valence-electron chi connectivity index (χ0n) is 22.5. The Balaban J connectivity index is 1.47. The molecular weight excluding hydrogens is 514 g/mol. The molecular formula is C30H34ClN5O3. The van der Waals surface area contributed by atoms with Crippen molar-refractivity contribution >= 4 is 39.8 Å². The first-order valence-corrected chi connectivity index (χ1v) is 13.8. The Bertz CT molecular complexity index is 1410. The Morgan fingerprint density at radius 3 is 2.74 bits per heavy atom. The van der Waals surface area contributed by atoms with Crippen molar-refractivity contribution in [3.8, 4) is 6.01 Å². The zero-order valence-corrected chi connectivity index (χ0v) is 23.3. The second kappa shape index (κ2) is 11.7. The first-order valence-electron chi connectivity index (χ1n) is 13.4. The van der Waals surface area contributed by atoms with Crippen LogP contribution in [0.1, 0.15) is 41.0 Å². The Morgan fingerprint density at radius 1 is 1.21 bits per heavy atom. The van der Waals surface area contributed by atoms with E-state index in [1.807, 2.05) is 18.2 Å². The summed E-state index contributed by atoms with van der Waals surface area (Å²) in [4.78, 5) is 40.8. The highest BCUT2D eigenvalue weighted by Crippen LogP contribution is 2.35. The van der Waals surface area contributed by atoms with Crippen molar-refractivity contribution in [3.05, 3.63) is 71.0 Å². The third-order valence-electron chi connectivity index (χ3n) is 7.76. The van der Waals surface area contributed by atoms with Gasteiger partial charge in [0.15, 0.2) is 5.78 Å². The van der Waals surface area contributed by atoms with Gasteiger partial charge in [-0.25, -0.2) is 0 Å². The number of carbonyl (C=O) groups excluding carboxylic acids is 2. The van der Waals surface area contributed by atoms with Crippen LogP contribution in [0.2, 0.25) is 5.02 Å². The van der Waals surface area contributed by atoms with E-state index < -0.39 is 0 Å². The smallest absolute Gasteiger partial charge is 0.317 e. The number of benzene rings is 2. The first-order chi connectivity index (χ1) is 18.9. The second-order valence-corrected chi connectivity index (χ2v) is 10.7. The highest BCUT2D eigenvalue weighted by atomic mass is 35.5. The molecule has 0 spiro atoms. The van der Waals surface area contributed by atoms with Gasteiger partial charge < -0.3 is 19.4 Å². The van der Waals surface area contributed by atoms with Gasteiger partial charge in [0.25, 0.3) is 5.91 Å². The van der Waals surface area contributed by atoms with Crippen LogP contribution in [0, 0.1) is 0 Å². The molecule has 39 heavy (non-hydrogen) atoms. The molecule has 2 aliphatic rings. The topological polar surface area (TPSA) is 78.9 Å². The summed E-state index contributed by atoms with van der Waals surface area (Å²) in [7, 11) is 3.78.